The second kappa shape index (κ2) is 7.74. The van der Waals surface area contributed by atoms with E-state index in [1.54, 1.807) is 31.2 Å². The molecule has 0 fully saturated rings. The Labute approximate surface area is 116 Å². The molecule has 1 atom stereocenters. The topological polar surface area (TPSA) is 60.4 Å². The Hall–Kier alpha value is -1.62. The summed E-state index contributed by atoms with van der Waals surface area (Å²) in [6.07, 6.45) is -0.0346. The summed E-state index contributed by atoms with van der Waals surface area (Å²) in [5.74, 6) is -0.695. The molecule has 0 aliphatic rings. The zero-order valence-corrected chi connectivity index (χ0v) is 11.7. The Morgan fingerprint density at radius 3 is 2.37 bits per heavy atom. The molecule has 0 aliphatic carbocycles. The van der Waals surface area contributed by atoms with Crippen LogP contribution in [0.5, 0.6) is 0 Å². The molecule has 1 aromatic rings. The molecule has 4 nitrogen and oxygen atoms in total. The van der Waals surface area contributed by atoms with Crippen molar-refractivity contribution in [1.82, 2.24) is 0 Å². The van der Waals surface area contributed by atoms with Crippen molar-refractivity contribution in [3.05, 3.63) is 35.9 Å². The number of carbonyl (C=O) groups excluding carboxylic acids is 3. The number of esters is 1. The first kappa shape index (κ1) is 15.4. The van der Waals surface area contributed by atoms with Gasteiger partial charge in [0.1, 0.15) is 5.25 Å². The molecule has 0 aromatic heterocycles. The van der Waals surface area contributed by atoms with Gasteiger partial charge in [0.15, 0.2) is 10.9 Å². The minimum Gasteiger partial charge on any atom is -0.465 e. The van der Waals surface area contributed by atoms with E-state index in [-0.39, 0.29) is 23.9 Å². The molecule has 0 spiro atoms. The maximum atomic E-state index is 12.0. The standard InChI is InChI=1S/C14H16O4S/c1-3-18-14(17)13(19-10(2)15)9-12(16)11-7-5-4-6-8-11/h4-8,13H,3,9H2,1-2H3. The SMILES string of the molecule is CCOC(=O)C(CC(=O)c1ccccc1)SC(C)=O. The summed E-state index contributed by atoms with van der Waals surface area (Å²) in [6, 6.07) is 8.69. The fourth-order valence-electron chi connectivity index (χ4n) is 1.52. The predicted molar refractivity (Wildman–Crippen MR) is 74.1 cm³/mol. The molecule has 0 N–H and O–H groups in total. The van der Waals surface area contributed by atoms with Crippen LogP contribution in [0.15, 0.2) is 30.3 Å². The van der Waals surface area contributed by atoms with Crippen LogP contribution in [-0.2, 0) is 14.3 Å². The van der Waals surface area contributed by atoms with Gasteiger partial charge < -0.3 is 4.74 Å². The molecular weight excluding hydrogens is 264 g/mol. The van der Waals surface area contributed by atoms with E-state index < -0.39 is 11.2 Å². The molecule has 0 saturated heterocycles. The first-order valence-corrected chi connectivity index (χ1v) is 6.84. The number of carbonyl (C=O) groups is 3. The summed E-state index contributed by atoms with van der Waals surface area (Å²) in [5, 5.41) is -0.982. The van der Waals surface area contributed by atoms with Crippen molar-refractivity contribution < 1.29 is 19.1 Å². The molecule has 0 amide bonds. The number of hydrogen-bond donors (Lipinski definition) is 0. The van der Waals surface area contributed by atoms with Gasteiger partial charge in [0.25, 0.3) is 0 Å². The Kier molecular flexibility index (Phi) is 6.29. The summed E-state index contributed by atoms with van der Waals surface area (Å²) < 4.78 is 4.88. The third kappa shape index (κ3) is 5.26. The van der Waals surface area contributed by atoms with E-state index in [1.807, 2.05) is 6.07 Å². The van der Waals surface area contributed by atoms with E-state index in [2.05, 4.69) is 0 Å². The lowest BCUT2D eigenvalue weighted by molar-refractivity contribution is -0.142. The average Bonchev–Trinajstić information content (AvgIpc) is 2.38. The van der Waals surface area contributed by atoms with Crippen molar-refractivity contribution in [3.63, 3.8) is 0 Å². The third-order valence-corrected chi connectivity index (χ3v) is 3.30. The van der Waals surface area contributed by atoms with Crippen LogP contribution in [0, 0.1) is 0 Å². The van der Waals surface area contributed by atoms with Gasteiger partial charge in [0.05, 0.1) is 6.61 Å². The molecule has 19 heavy (non-hydrogen) atoms. The maximum Gasteiger partial charge on any atom is 0.319 e. The molecule has 0 heterocycles. The molecule has 0 radical (unpaired) electrons. The number of ketones is 1. The number of thioether (sulfide) groups is 1. The lowest BCUT2D eigenvalue weighted by Gasteiger charge is -2.12. The summed E-state index contributed by atoms with van der Waals surface area (Å²) in [7, 11) is 0. The van der Waals surface area contributed by atoms with Gasteiger partial charge in [-0.2, -0.15) is 0 Å². The number of rotatable bonds is 6. The molecular formula is C14H16O4S. The largest absolute Gasteiger partial charge is 0.465 e. The average molecular weight is 280 g/mol. The number of ether oxygens (including phenoxy) is 1. The van der Waals surface area contributed by atoms with Crippen molar-refractivity contribution in [2.75, 3.05) is 6.61 Å². The minimum absolute atomic E-state index is 0.0346. The van der Waals surface area contributed by atoms with Crippen molar-refractivity contribution in [3.8, 4) is 0 Å². The Morgan fingerprint density at radius 2 is 1.84 bits per heavy atom. The van der Waals surface area contributed by atoms with Gasteiger partial charge in [-0.25, -0.2) is 0 Å². The Balaban J connectivity index is 2.74. The highest BCUT2D eigenvalue weighted by Crippen LogP contribution is 2.19. The van der Waals surface area contributed by atoms with Crippen molar-refractivity contribution in [1.29, 1.82) is 0 Å². The smallest absolute Gasteiger partial charge is 0.319 e. The molecule has 0 bridgehead atoms. The fourth-order valence-corrected chi connectivity index (χ4v) is 2.32. The highest BCUT2D eigenvalue weighted by molar-refractivity contribution is 8.14. The first-order valence-electron chi connectivity index (χ1n) is 5.96. The van der Waals surface area contributed by atoms with Crippen LogP contribution in [-0.4, -0.2) is 28.7 Å². The number of Topliss-reactive ketones (excluding diaryl/α,β-unsaturated/α-hetero) is 1. The third-order valence-electron chi connectivity index (χ3n) is 2.32. The van der Waals surface area contributed by atoms with E-state index in [0.29, 0.717) is 5.56 Å². The second-order valence-corrected chi connectivity index (χ2v) is 5.22. The van der Waals surface area contributed by atoms with Gasteiger partial charge in [0, 0.05) is 18.9 Å². The monoisotopic (exact) mass is 280 g/mol. The van der Waals surface area contributed by atoms with Crippen molar-refractivity contribution in [2.45, 2.75) is 25.5 Å². The summed E-state index contributed by atoms with van der Waals surface area (Å²) in [5.41, 5.74) is 0.529. The molecule has 1 aromatic carbocycles. The molecule has 102 valence electrons. The fraction of sp³-hybridized carbons (Fsp3) is 0.357. The highest BCUT2D eigenvalue weighted by Gasteiger charge is 2.25. The van der Waals surface area contributed by atoms with Crippen LogP contribution in [0.25, 0.3) is 0 Å². The number of hydrogen-bond acceptors (Lipinski definition) is 5. The van der Waals surface area contributed by atoms with Gasteiger partial charge >= 0.3 is 5.97 Å². The van der Waals surface area contributed by atoms with Crippen LogP contribution in [0.4, 0.5) is 0 Å². The van der Waals surface area contributed by atoms with Crippen LogP contribution < -0.4 is 0 Å². The van der Waals surface area contributed by atoms with Crippen molar-refractivity contribution in [2.24, 2.45) is 0 Å². The minimum atomic E-state index is -0.773. The van der Waals surface area contributed by atoms with Crippen LogP contribution >= 0.6 is 11.8 Å². The first-order chi connectivity index (χ1) is 9.04. The van der Waals surface area contributed by atoms with E-state index >= 15 is 0 Å². The second-order valence-electron chi connectivity index (χ2n) is 3.84. The molecule has 0 aliphatic heterocycles. The zero-order valence-electron chi connectivity index (χ0n) is 10.9. The van der Waals surface area contributed by atoms with Gasteiger partial charge in [-0.3, -0.25) is 14.4 Å². The summed E-state index contributed by atoms with van der Waals surface area (Å²) in [4.78, 5) is 34.8. The van der Waals surface area contributed by atoms with Crippen LogP contribution in [0.2, 0.25) is 0 Å². The zero-order chi connectivity index (χ0) is 14.3. The van der Waals surface area contributed by atoms with Crippen LogP contribution in [0.3, 0.4) is 0 Å². The van der Waals surface area contributed by atoms with Crippen LogP contribution in [0.1, 0.15) is 30.6 Å². The molecule has 1 unspecified atom stereocenters. The van der Waals surface area contributed by atoms with E-state index in [4.69, 9.17) is 4.74 Å². The van der Waals surface area contributed by atoms with E-state index in [1.165, 1.54) is 6.92 Å². The Bertz CT molecular complexity index is 456. The predicted octanol–water partition coefficient (Wildman–Crippen LogP) is 2.47. The van der Waals surface area contributed by atoms with Crippen molar-refractivity contribution >= 4 is 28.6 Å². The maximum absolute atomic E-state index is 12.0. The van der Waals surface area contributed by atoms with E-state index in [0.717, 1.165) is 11.8 Å². The summed E-state index contributed by atoms with van der Waals surface area (Å²) >= 11 is 0.836. The van der Waals surface area contributed by atoms with Gasteiger partial charge in [-0.1, -0.05) is 42.1 Å². The van der Waals surface area contributed by atoms with Gasteiger partial charge in [0.2, 0.25) is 0 Å². The lowest BCUT2D eigenvalue weighted by Crippen LogP contribution is -2.24. The molecule has 1 rings (SSSR count). The Morgan fingerprint density at radius 1 is 1.21 bits per heavy atom. The van der Waals surface area contributed by atoms with Gasteiger partial charge in [-0.05, 0) is 6.92 Å². The highest BCUT2D eigenvalue weighted by atomic mass is 32.2. The normalized spacial score (nSPS) is 11.7. The molecule has 0 saturated carbocycles. The summed E-state index contributed by atoms with van der Waals surface area (Å²) in [6.45, 7) is 3.28. The lowest BCUT2D eigenvalue weighted by atomic mass is 10.1. The number of benzene rings is 1. The van der Waals surface area contributed by atoms with Gasteiger partial charge in [-0.15, -0.1) is 0 Å². The molecule has 5 heteroatoms. The van der Waals surface area contributed by atoms with E-state index in [9.17, 15) is 14.4 Å². The quantitative estimate of drug-likeness (QED) is 0.592.